The molecule has 0 aliphatic heterocycles. The first-order valence-corrected chi connectivity index (χ1v) is 19.2. The summed E-state index contributed by atoms with van der Waals surface area (Å²) in [7, 11) is 0. The summed E-state index contributed by atoms with van der Waals surface area (Å²) >= 11 is 1.84. The maximum atomic E-state index is 5.28. The standard InChI is InChI=1S/C51H33N3S/c1-3-12-35(13-4-1)43-17-7-8-18-44(43)41-28-40(38-25-26-50-46(31-38)45-19-9-10-20-49(45)55-50)29-42(30-41)48-32-47(53-51(54-48)37-14-5-2-6-15-37)36-23-21-34(22-24-36)39-16-11-27-52-33-39/h1-33H. The molecular weight excluding hydrogens is 687 g/mol. The van der Waals surface area contributed by atoms with E-state index < -0.39 is 0 Å². The third kappa shape index (κ3) is 6.39. The highest BCUT2D eigenvalue weighted by atomic mass is 32.1. The first kappa shape index (κ1) is 32.6. The molecule has 0 radical (unpaired) electrons. The van der Waals surface area contributed by atoms with E-state index in [1.54, 1.807) is 6.20 Å². The van der Waals surface area contributed by atoms with Gasteiger partial charge in [0.25, 0.3) is 0 Å². The molecule has 3 heterocycles. The molecule has 10 aromatic rings. The van der Waals surface area contributed by atoms with E-state index >= 15 is 0 Å². The van der Waals surface area contributed by atoms with Gasteiger partial charge in [0.15, 0.2) is 5.82 Å². The van der Waals surface area contributed by atoms with Crippen LogP contribution < -0.4 is 0 Å². The van der Waals surface area contributed by atoms with Crippen LogP contribution in [0.5, 0.6) is 0 Å². The molecule has 258 valence electrons. The molecule has 0 amide bonds. The van der Waals surface area contributed by atoms with Crippen molar-refractivity contribution in [2.24, 2.45) is 0 Å². The van der Waals surface area contributed by atoms with Gasteiger partial charge in [-0.25, -0.2) is 9.97 Å². The fraction of sp³-hybridized carbons (Fsp3) is 0. The molecule has 4 heteroatoms. The lowest BCUT2D eigenvalue weighted by Crippen LogP contribution is -1.97. The molecule has 0 saturated heterocycles. The van der Waals surface area contributed by atoms with Crippen molar-refractivity contribution in [1.82, 2.24) is 15.0 Å². The number of aromatic nitrogens is 3. The monoisotopic (exact) mass is 719 g/mol. The fourth-order valence-corrected chi connectivity index (χ4v) is 8.52. The molecule has 0 saturated carbocycles. The summed E-state index contributed by atoms with van der Waals surface area (Å²) in [6.07, 6.45) is 3.69. The van der Waals surface area contributed by atoms with E-state index in [-0.39, 0.29) is 0 Å². The second kappa shape index (κ2) is 14.1. The zero-order valence-corrected chi connectivity index (χ0v) is 30.6. The van der Waals surface area contributed by atoms with Gasteiger partial charge in [-0.15, -0.1) is 11.3 Å². The van der Waals surface area contributed by atoms with Gasteiger partial charge in [0.05, 0.1) is 11.4 Å². The summed E-state index contributed by atoms with van der Waals surface area (Å²) < 4.78 is 2.59. The lowest BCUT2D eigenvalue weighted by Gasteiger charge is -2.15. The van der Waals surface area contributed by atoms with E-state index in [1.165, 1.54) is 42.4 Å². The van der Waals surface area contributed by atoms with Crippen molar-refractivity contribution in [3.8, 4) is 78.4 Å². The molecule has 0 spiro atoms. The van der Waals surface area contributed by atoms with Crippen LogP contribution >= 0.6 is 11.3 Å². The third-order valence-electron chi connectivity index (χ3n) is 10.2. The minimum Gasteiger partial charge on any atom is -0.264 e. The molecular formula is C51H33N3S. The molecule has 7 aromatic carbocycles. The summed E-state index contributed by atoms with van der Waals surface area (Å²) in [6.45, 7) is 0. The summed E-state index contributed by atoms with van der Waals surface area (Å²) in [6, 6.07) is 66.8. The van der Waals surface area contributed by atoms with E-state index in [4.69, 9.17) is 9.97 Å². The quantitative estimate of drug-likeness (QED) is 0.165. The highest BCUT2D eigenvalue weighted by Gasteiger charge is 2.16. The molecule has 0 N–H and O–H groups in total. The van der Waals surface area contributed by atoms with E-state index in [1.807, 2.05) is 41.8 Å². The summed E-state index contributed by atoms with van der Waals surface area (Å²) in [5.74, 6) is 0.687. The van der Waals surface area contributed by atoms with Crippen molar-refractivity contribution in [1.29, 1.82) is 0 Å². The molecule has 0 fully saturated rings. The zero-order chi connectivity index (χ0) is 36.6. The number of hydrogen-bond donors (Lipinski definition) is 0. The van der Waals surface area contributed by atoms with Gasteiger partial charge < -0.3 is 0 Å². The van der Waals surface area contributed by atoms with E-state index in [2.05, 4.69) is 169 Å². The first-order valence-electron chi connectivity index (χ1n) is 18.4. The van der Waals surface area contributed by atoms with Gasteiger partial charge in [-0.1, -0.05) is 140 Å². The van der Waals surface area contributed by atoms with Crippen molar-refractivity contribution in [3.63, 3.8) is 0 Å². The molecule has 0 unspecified atom stereocenters. The van der Waals surface area contributed by atoms with Crippen LogP contribution in [0.15, 0.2) is 200 Å². The maximum absolute atomic E-state index is 5.28. The Morgan fingerprint density at radius 1 is 0.327 bits per heavy atom. The first-order chi connectivity index (χ1) is 27.2. The number of nitrogens with zero attached hydrogens (tertiary/aromatic N) is 3. The second-order valence-electron chi connectivity index (χ2n) is 13.7. The molecule has 0 atom stereocenters. The van der Waals surface area contributed by atoms with E-state index in [0.29, 0.717) is 5.82 Å². The number of rotatable bonds is 7. The molecule has 0 bridgehead atoms. The van der Waals surface area contributed by atoms with Crippen LogP contribution in [0.3, 0.4) is 0 Å². The summed E-state index contributed by atoms with van der Waals surface area (Å²) in [5.41, 5.74) is 13.9. The van der Waals surface area contributed by atoms with Gasteiger partial charge in [-0.3, -0.25) is 4.98 Å². The van der Waals surface area contributed by atoms with Gasteiger partial charge in [0.2, 0.25) is 0 Å². The average molecular weight is 720 g/mol. The van der Waals surface area contributed by atoms with Gasteiger partial charge in [0.1, 0.15) is 0 Å². The van der Waals surface area contributed by atoms with Crippen molar-refractivity contribution in [2.45, 2.75) is 0 Å². The van der Waals surface area contributed by atoms with Gasteiger partial charge in [-0.05, 0) is 93.0 Å². The normalized spacial score (nSPS) is 11.3. The number of thiophene rings is 1. The number of pyridine rings is 1. The molecule has 0 aliphatic rings. The van der Waals surface area contributed by atoms with Crippen LogP contribution in [-0.2, 0) is 0 Å². The van der Waals surface area contributed by atoms with Gasteiger partial charge in [-0.2, -0.15) is 0 Å². The van der Waals surface area contributed by atoms with Crippen LogP contribution in [0.4, 0.5) is 0 Å². The van der Waals surface area contributed by atoms with Crippen molar-refractivity contribution in [3.05, 3.63) is 200 Å². The van der Waals surface area contributed by atoms with Crippen LogP contribution in [0.2, 0.25) is 0 Å². The average Bonchev–Trinajstić information content (AvgIpc) is 3.65. The van der Waals surface area contributed by atoms with Crippen molar-refractivity contribution >= 4 is 31.5 Å². The topological polar surface area (TPSA) is 38.7 Å². The molecule has 0 aliphatic carbocycles. The van der Waals surface area contributed by atoms with Crippen LogP contribution in [-0.4, -0.2) is 15.0 Å². The second-order valence-corrected chi connectivity index (χ2v) is 14.8. The van der Waals surface area contributed by atoms with Gasteiger partial charge >= 0.3 is 0 Å². The highest BCUT2D eigenvalue weighted by molar-refractivity contribution is 7.25. The largest absolute Gasteiger partial charge is 0.264 e. The Balaban J connectivity index is 1.18. The van der Waals surface area contributed by atoms with E-state index in [0.717, 1.165) is 50.3 Å². The summed E-state index contributed by atoms with van der Waals surface area (Å²) in [4.78, 5) is 14.7. The Morgan fingerprint density at radius 3 is 1.67 bits per heavy atom. The van der Waals surface area contributed by atoms with Crippen LogP contribution in [0.25, 0.3) is 98.6 Å². The predicted octanol–water partition coefficient (Wildman–Crippen LogP) is 13.9. The third-order valence-corrected chi connectivity index (χ3v) is 11.3. The van der Waals surface area contributed by atoms with Crippen LogP contribution in [0, 0.1) is 0 Å². The smallest absolute Gasteiger partial charge is 0.160 e. The lowest BCUT2D eigenvalue weighted by molar-refractivity contribution is 1.18. The zero-order valence-electron chi connectivity index (χ0n) is 29.8. The van der Waals surface area contributed by atoms with Crippen LogP contribution in [0.1, 0.15) is 0 Å². The SMILES string of the molecule is c1ccc(-c2nc(-c3ccc(-c4cccnc4)cc3)cc(-c3cc(-c4ccc5sc6ccccc6c5c4)cc(-c4ccccc4-c4ccccc4)c3)n2)cc1. The molecule has 10 rings (SSSR count). The fourth-order valence-electron chi connectivity index (χ4n) is 7.43. The van der Waals surface area contributed by atoms with E-state index in [9.17, 15) is 0 Å². The minimum atomic E-state index is 0.687. The number of fused-ring (bicyclic) bond motifs is 3. The summed E-state index contributed by atoms with van der Waals surface area (Å²) in [5, 5.41) is 2.57. The highest BCUT2D eigenvalue weighted by Crippen LogP contribution is 2.41. The number of hydrogen-bond acceptors (Lipinski definition) is 4. The molecule has 55 heavy (non-hydrogen) atoms. The Bertz CT molecular complexity index is 2950. The Hall–Kier alpha value is -7.01. The van der Waals surface area contributed by atoms with Crippen molar-refractivity contribution in [2.75, 3.05) is 0 Å². The Kier molecular flexibility index (Phi) is 8.36. The number of benzene rings is 7. The van der Waals surface area contributed by atoms with Gasteiger partial charge in [0, 0.05) is 49.3 Å². The molecule has 3 aromatic heterocycles. The lowest BCUT2D eigenvalue weighted by atomic mass is 9.90. The maximum Gasteiger partial charge on any atom is 0.160 e. The minimum absolute atomic E-state index is 0.687. The predicted molar refractivity (Wildman–Crippen MR) is 231 cm³/mol. The van der Waals surface area contributed by atoms with Crippen molar-refractivity contribution < 1.29 is 0 Å². The molecule has 3 nitrogen and oxygen atoms in total. The Labute approximate surface area is 323 Å². The Morgan fingerprint density at radius 2 is 0.909 bits per heavy atom.